The second kappa shape index (κ2) is 8.62. The monoisotopic (exact) mass is 362 g/mol. The highest BCUT2D eigenvalue weighted by atomic mass is 32.1. The number of hydrogen-bond donors (Lipinski definition) is 2. The smallest absolute Gasteiger partial charge is 0.338 e. The van der Waals surface area contributed by atoms with Gasteiger partial charge in [-0.2, -0.15) is 0 Å². The first-order chi connectivity index (χ1) is 12.0. The number of esters is 1. The molecule has 1 aliphatic heterocycles. The third-order valence-electron chi connectivity index (χ3n) is 3.75. The van der Waals surface area contributed by atoms with Gasteiger partial charge in [0.25, 0.3) is 0 Å². The highest BCUT2D eigenvalue weighted by Crippen LogP contribution is 2.29. The van der Waals surface area contributed by atoms with E-state index in [2.05, 4.69) is 10.6 Å². The third-order valence-corrected chi connectivity index (χ3v) is 3.97. The molecule has 7 heteroatoms. The highest BCUT2D eigenvalue weighted by Gasteiger charge is 2.31. The van der Waals surface area contributed by atoms with Crippen LogP contribution in [0, 0.1) is 0 Å². The molecule has 2 N–H and O–H groups in total. The predicted octanol–water partition coefficient (Wildman–Crippen LogP) is 2.40. The van der Waals surface area contributed by atoms with Crippen molar-refractivity contribution < 1.29 is 19.1 Å². The van der Waals surface area contributed by atoms with Crippen molar-refractivity contribution in [1.29, 1.82) is 0 Å². The maximum Gasteiger partial charge on any atom is 0.338 e. The van der Waals surface area contributed by atoms with Gasteiger partial charge in [0, 0.05) is 12.1 Å². The lowest BCUT2D eigenvalue weighted by atomic mass is 9.95. The van der Waals surface area contributed by atoms with E-state index in [-0.39, 0.29) is 19.0 Å². The van der Waals surface area contributed by atoms with E-state index in [9.17, 15) is 9.59 Å². The molecule has 1 atom stereocenters. The minimum atomic E-state index is -0.446. The average molecular weight is 362 g/mol. The Bertz CT molecular complexity index is 715. The fraction of sp³-hybridized carbons (Fsp3) is 0.389. The molecule has 0 saturated heterocycles. The van der Waals surface area contributed by atoms with E-state index in [1.54, 1.807) is 32.9 Å². The predicted molar refractivity (Wildman–Crippen MR) is 98.2 cm³/mol. The molecule has 1 aromatic rings. The number of allylic oxidation sites excluding steroid dienone is 1. The van der Waals surface area contributed by atoms with Gasteiger partial charge < -0.3 is 20.1 Å². The summed E-state index contributed by atoms with van der Waals surface area (Å²) >= 11 is 5.21. The Kier molecular flexibility index (Phi) is 6.52. The zero-order valence-corrected chi connectivity index (χ0v) is 15.4. The summed E-state index contributed by atoms with van der Waals surface area (Å²) < 4.78 is 10.7. The lowest BCUT2D eigenvalue weighted by Gasteiger charge is -2.30. The van der Waals surface area contributed by atoms with E-state index in [1.807, 2.05) is 12.1 Å². The van der Waals surface area contributed by atoms with Gasteiger partial charge >= 0.3 is 5.97 Å². The summed E-state index contributed by atoms with van der Waals surface area (Å²) in [7, 11) is 0. The molecule has 25 heavy (non-hydrogen) atoms. The molecule has 0 aromatic heterocycles. The van der Waals surface area contributed by atoms with Crippen LogP contribution in [0.3, 0.4) is 0 Å². The van der Waals surface area contributed by atoms with E-state index in [1.165, 1.54) is 0 Å². The van der Waals surface area contributed by atoms with Gasteiger partial charge in [-0.3, -0.25) is 4.79 Å². The fourth-order valence-corrected chi connectivity index (χ4v) is 2.74. The first-order valence-corrected chi connectivity index (χ1v) is 8.56. The van der Waals surface area contributed by atoms with Gasteiger partial charge in [-0.15, -0.1) is 0 Å². The average Bonchev–Trinajstić information content (AvgIpc) is 2.59. The summed E-state index contributed by atoms with van der Waals surface area (Å²) in [6.45, 7) is 5.65. The van der Waals surface area contributed by atoms with Crippen LogP contribution in [0.4, 0.5) is 0 Å². The fourth-order valence-electron chi connectivity index (χ4n) is 2.47. The van der Waals surface area contributed by atoms with Crippen LogP contribution >= 0.6 is 12.2 Å². The van der Waals surface area contributed by atoms with E-state index in [4.69, 9.17) is 21.7 Å². The first-order valence-electron chi connectivity index (χ1n) is 8.16. The summed E-state index contributed by atoms with van der Waals surface area (Å²) in [6, 6.07) is 6.80. The highest BCUT2D eigenvalue weighted by molar-refractivity contribution is 7.80. The van der Waals surface area contributed by atoms with Crippen molar-refractivity contribution in [2.45, 2.75) is 33.2 Å². The number of hydrogen-bond acceptors (Lipinski definition) is 5. The molecule has 0 fully saturated rings. The minimum Gasteiger partial charge on any atom is -0.486 e. The molecule has 1 heterocycles. The summed E-state index contributed by atoms with van der Waals surface area (Å²) in [5, 5.41) is 6.48. The normalized spacial score (nSPS) is 16.8. The second-order valence-corrected chi connectivity index (χ2v) is 5.95. The topological polar surface area (TPSA) is 76.7 Å². The lowest BCUT2D eigenvalue weighted by Crippen LogP contribution is -2.45. The van der Waals surface area contributed by atoms with Crippen LogP contribution in [0.2, 0.25) is 0 Å². The van der Waals surface area contributed by atoms with Crippen molar-refractivity contribution in [1.82, 2.24) is 10.6 Å². The van der Waals surface area contributed by atoms with Gasteiger partial charge in [-0.25, -0.2) is 4.79 Å². The molecule has 6 nitrogen and oxygen atoms in total. The van der Waals surface area contributed by atoms with Crippen molar-refractivity contribution in [3.63, 3.8) is 0 Å². The molecule has 1 aromatic carbocycles. The molecule has 0 saturated carbocycles. The number of rotatable bonds is 7. The number of Topliss-reactive ketones (excluding diaryl/α,β-unsaturated/α-hetero) is 1. The Morgan fingerprint density at radius 2 is 2.04 bits per heavy atom. The maximum atomic E-state index is 12.4. The molecule has 1 unspecified atom stereocenters. The van der Waals surface area contributed by atoms with Gasteiger partial charge in [0.05, 0.1) is 18.2 Å². The van der Waals surface area contributed by atoms with Crippen molar-refractivity contribution in [3.8, 4) is 5.75 Å². The standard InChI is InChI=1S/C18H22N2O4S/c1-4-13(21)10-24-14-8-6-7-12(9-14)16-15(17(22)23-5-2)11(3)19-18(25)20-16/h6-9,16H,4-5,10H2,1-3H3,(H2,19,20,25). The number of benzene rings is 1. The summed E-state index contributed by atoms with van der Waals surface area (Å²) in [5.41, 5.74) is 1.92. The number of carbonyl (C=O) groups is 2. The summed E-state index contributed by atoms with van der Waals surface area (Å²) in [5.74, 6) is 0.181. The Balaban J connectivity index is 2.30. The molecular weight excluding hydrogens is 340 g/mol. The van der Waals surface area contributed by atoms with Crippen LogP contribution < -0.4 is 15.4 Å². The minimum absolute atomic E-state index is 0.0227. The molecular formula is C18H22N2O4S. The van der Waals surface area contributed by atoms with Gasteiger partial charge in [0.1, 0.15) is 12.4 Å². The van der Waals surface area contributed by atoms with Crippen molar-refractivity contribution in [2.24, 2.45) is 0 Å². The van der Waals surface area contributed by atoms with Crippen LogP contribution in [0.15, 0.2) is 35.5 Å². The van der Waals surface area contributed by atoms with Crippen LogP contribution in [0.5, 0.6) is 5.75 Å². The zero-order valence-electron chi connectivity index (χ0n) is 14.5. The SMILES string of the molecule is CCOC(=O)C1=C(C)NC(=S)NC1c1cccc(OCC(=O)CC)c1. The Morgan fingerprint density at radius 1 is 1.28 bits per heavy atom. The Hall–Kier alpha value is -2.41. The Morgan fingerprint density at radius 3 is 2.72 bits per heavy atom. The third kappa shape index (κ3) is 4.79. The second-order valence-electron chi connectivity index (χ2n) is 5.54. The molecule has 134 valence electrons. The van der Waals surface area contributed by atoms with Crippen LogP contribution in [0.25, 0.3) is 0 Å². The summed E-state index contributed by atoms with van der Waals surface area (Å²) in [4.78, 5) is 23.8. The molecule has 0 aliphatic carbocycles. The van der Waals surface area contributed by atoms with E-state index < -0.39 is 12.0 Å². The van der Waals surface area contributed by atoms with Crippen molar-refractivity contribution in [2.75, 3.05) is 13.2 Å². The molecule has 1 aliphatic rings. The number of nitrogens with one attached hydrogen (secondary N) is 2. The van der Waals surface area contributed by atoms with Crippen LogP contribution in [-0.2, 0) is 14.3 Å². The van der Waals surface area contributed by atoms with Gasteiger partial charge in [-0.05, 0) is 43.8 Å². The van der Waals surface area contributed by atoms with E-state index >= 15 is 0 Å². The molecule has 0 radical (unpaired) electrons. The lowest BCUT2D eigenvalue weighted by molar-refractivity contribution is -0.139. The number of ether oxygens (including phenoxy) is 2. The molecule has 0 spiro atoms. The molecule has 0 amide bonds. The van der Waals surface area contributed by atoms with E-state index in [0.717, 1.165) is 5.56 Å². The van der Waals surface area contributed by atoms with Crippen LogP contribution in [0.1, 0.15) is 38.8 Å². The van der Waals surface area contributed by atoms with Gasteiger partial charge in [0.2, 0.25) is 0 Å². The number of carbonyl (C=O) groups excluding carboxylic acids is 2. The summed E-state index contributed by atoms with van der Waals surface area (Å²) in [6.07, 6.45) is 0.429. The Labute approximate surface area is 152 Å². The largest absolute Gasteiger partial charge is 0.486 e. The van der Waals surface area contributed by atoms with Gasteiger partial charge in [-0.1, -0.05) is 19.1 Å². The van der Waals surface area contributed by atoms with Crippen LogP contribution in [-0.4, -0.2) is 30.1 Å². The zero-order chi connectivity index (χ0) is 18.4. The van der Waals surface area contributed by atoms with Crippen molar-refractivity contribution >= 4 is 29.1 Å². The molecule has 2 rings (SSSR count). The van der Waals surface area contributed by atoms with Gasteiger partial charge in [0.15, 0.2) is 10.9 Å². The van der Waals surface area contributed by atoms with E-state index in [0.29, 0.717) is 28.6 Å². The number of ketones is 1. The quantitative estimate of drug-likeness (QED) is 0.570. The maximum absolute atomic E-state index is 12.4. The molecule has 0 bridgehead atoms. The number of thiocarbonyl (C=S) groups is 1. The van der Waals surface area contributed by atoms with Crippen molar-refractivity contribution in [3.05, 3.63) is 41.1 Å². The first kappa shape index (κ1) is 18.9.